The molecule has 0 spiro atoms. The second-order valence-corrected chi connectivity index (χ2v) is 4.43. The molecule has 2 N–H and O–H groups in total. The fourth-order valence-corrected chi connectivity index (χ4v) is 1.82. The maximum absolute atomic E-state index is 9.69. The minimum Gasteiger partial charge on any atom is -0.506 e. The lowest BCUT2D eigenvalue weighted by molar-refractivity contribution is 0.464. The highest BCUT2D eigenvalue weighted by molar-refractivity contribution is 6.29. The van der Waals surface area contributed by atoms with Gasteiger partial charge in [-0.2, -0.15) is 0 Å². The molecular formula is C13H14ClN3O. The molecule has 0 bridgehead atoms. The Balaban J connectivity index is 2.13. The lowest BCUT2D eigenvalue weighted by Crippen LogP contribution is -2.04. The van der Waals surface area contributed by atoms with Crippen molar-refractivity contribution >= 4 is 17.3 Å². The van der Waals surface area contributed by atoms with Crippen molar-refractivity contribution in [3.05, 3.63) is 46.5 Å². The molecule has 0 aliphatic carbocycles. The summed E-state index contributed by atoms with van der Waals surface area (Å²) in [6, 6.07) is 7.00. The Hall–Kier alpha value is -1.81. The lowest BCUT2D eigenvalue weighted by Gasteiger charge is -2.10. The predicted molar refractivity (Wildman–Crippen MR) is 71.9 cm³/mol. The molecular weight excluding hydrogens is 250 g/mol. The number of nitrogens with one attached hydrogen (secondary N) is 1. The van der Waals surface area contributed by atoms with Gasteiger partial charge in [0.05, 0.1) is 17.9 Å². The zero-order valence-corrected chi connectivity index (χ0v) is 11.0. The van der Waals surface area contributed by atoms with E-state index in [1.54, 1.807) is 18.2 Å². The van der Waals surface area contributed by atoms with Crippen LogP contribution in [0.2, 0.25) is 5.15 Å². The summed E-state index contributed by atoms with van der Waals surface area (Å²) in [5, 5.41) is 13.3. The van der Waals surface area contributed by atoms with Gasteiger partial charge in [-0.05, 0) is 38.1 Å². The smallest absolute Gasteiger partial charge is 0.138 e. The maximum Gasteiger partial charge on any atom is 0.138 e. The van der Waals surface area contributed by atoms with Crippen LogP contribution in [0.1, 0.15) is 17.1 Å². The minimum atomic E-state index is 0.188. The van der Waals surface area contributed by atoms with Crippen LogP contribution < -0.4 is 5.32 Å². The molecule has 18 heavy (non-hydrogen) atoms. The molecule has 0 unspecified atom stereocenters. The number of anilines is 1. The van der Waals surface area contributed by atoms with Crippen molar-refractivity contribution in [1.82, 2.24) is 9.97 Å². The van der Waals surface area contributed by atoms with Gasteiger partial charge in [0.25, 0.3) is 0 Å². The van der Waals surface area contributed by atoms with Crippen LogP contribution in [0.5, 0.6) is 5.75 Å². The number of nitrogens with zero attached hydrogens (tertiary/aromatic N) is 2. The van der Waals surface area contributed by atoms with Gasteiger partial charge in [-0.3, -0.25) is 4.98 Å². The number of halogens is 1. The molecule has 0 atom stereocenters. The van der Waals surface area contributed by atoms with E-state index in [1.807, 2.05) is 19.9 Å². The summed E-state index contributed by atoms with van der Waals surface area (Å²) < 4.78 is 0. The quantitative estimate of drug-likeness (QED) is 0.836. The average Bonchev–Trinajstić information content (AvgIpc) is 2.32. The highest BCUT2D eigenvalue weighted by Gasteiger charge is 2.05. The SMILES string of the molecule is Cc1ccc(O)c(CNc2ccc(Cl)nc2C)n1. The largest absolute Gasteiger partial charge is 0.506 e. The second-order valence-electron chi connectivity index (χ2n) is 4.04. The number of aromatic hydroxyl groups is 1. The van der Waals surface area contributed by atoms with Gasteiger partial charge in [0.15, 0.2) is 0 Å². The highest BCUT2D eigenvalue weighted by atomic mass is 35.5. The first kappa shape index (κ1) is 12.6. The Morgan fingerprint density at radius 1 is 1.17 bits per heavy atom. The van der Waals surface area contributed by atoms with E-state index in [9.17, 15) is 5.11 Å². The first-order chi connectivity index (χ1) is 8.56. The molecule has 0 aliphatic rings. The topological polar surface area (TPSA) is 58.0 Å². The average molecular weight is 264 g/mol. The summed E-state index contributed by atoms with van der Waals surface area (Å²) in [7, 11) is 0. The van der Waals surface area contributed by atoms with Gasteiger partial charge in [-0.15, -0.1) is 0 Å². The predicted octanol–water partition coefficient (Wildman–Crippen LogP) is 3.06. The first-order valence-electron chi connectivity index (χ1n) is 5.59. The Morgan fingerprint density at radius 2 is 1.94 bits per heavy atom. The number of aromatic nitrogens is 2. The summed E-state index contributed by atoms with van der Waals surface area (Å²) in [5.41, 5.74) is 3.18. The van der Waals surface area contributed by atoms with E-state index in [1.165, 1.54) is 0 Å². The second kappa shape index (κ2) is 5.23. The van der Waals surface area contributed by atoms with Gasteiger partial charge < -0.3 is 10.4 Å². The third-order valence-electron chi connectivity index (χ3n) is 2.59. The van der Waals surface area contributed by atoms with Crippen LogP contribution in [0.3, 0.4) is 0 Å². The molecule has 2 aromatic heterocycles. The van der Waals surface area contributed by atoms with Gasteiger partial charge in [-0.25, -0.2) is 4.98 Å². The molecule has 0 aromatic carbocycles. The highest BCUT2D eigenvalue weighted by Crippen LogP contribution is 2.19. The van der Waals surface area contributed by atoms with Crippen LogP contribution in [-0.2, 0) is 6.54 Å². The number of pyridine rings is 2. The maximum atomic E-state index is 9.69. The van der Waals surface area contributed by atoms with Gasteiger partial charge in [-0.1, -0.05) is 11.6 Å². The number of rotatable bonds is 3. The van der Waals surface area contributed by atoms with E-state index >= 15 is 0 Å². The van der Waals surface area contributed by atoms with Crippen LogP contribution >= 0.6 is 11.6 Å². The molecule has 94 valence electrons. The van der Waals surface area contributed by atoms with E-state index in [0.717, 1.165) is 17.1 Å². The molecule has 0 saturated carbocycles. The standard InChI is InChI=1S/C13H14ClN3O/c1-8-3-5-12(18)11(16-8)7-15-10-4-6-13(14)17-9(10)2/h3-6,15,18H,7H2,1-2H3. The summed E-state index contributed by atoms with van der Waals surface area (Å²) in [4.78, 5) is 8.42. The van der Waals surface area contributed by atoms with Crippen molar-refractivity contribution in [2.45, 2.75) is 20.4 Å². The van der Waals surface area contributed by atoms with Crippen molar-refractivity contribution < 1.29 is 5.11 Å². The summed E-state index contributed by atoms with van der Waals surface area (Å²) in [6.07, 6.45) is 0. The number of hydrogen-bond acceptors (Lipinski definition) is 4. The van der Waals surface area contributed by atoms with Crippen LogP contribution in [0.15, 0.2) is 24.3 Å². The zero-order chi connectivity index (χ0) is 13.1. The number of hydrogen-bond donors (Lipinski definition) is 2. The molecule has 5 heteroatoms. The molecule has 0 aliphatic heterocycles. The molecule has 2 rings (SSSR count). The van der Waals surface area contributed by atoms with E-state index in [-0.39, 0.29) is 5.75 Å². The fourth-order valence-electron chi connectivity index (χ4n) is 1.63. The van der Waals surface area contributed by atoms with Crippen molar-refractivity contribution in [3.63, 3.8) is 0 Å². The summed E-state index contributed by atoms with van der Waals surface area (Å²) in [5.74, 6) is 0.188. The molecule has 2 heterocycles. The normalized spacial score (nSPS) is 10.4. The van der Waals surface area contributed by atoms with E-state index in [0.29, 0.717) is 17.4 Å². The third-order valence-corrected chi connectivity index (χ3v) is 2.80. The van der Waals surface area contributed by atoms with Crippen molar-refractivity contribution in [1.29, 1.82) is 0 Å². The molecule has 0 fully saturated rings. The van der Waals surface area contributed by atoms with E-state index < -0.39 is 0 Å². The van der Waals surface area contributed by atoms with Crippen molar-refractivity contribution in [2.75, 3.05) is 5.32 Å². The van der Waals surface area contributed by atoms with Gasteiger partial charge in [0, 0.05) is 5.69 Å². The minimum absolute atomic E-state index is 0.188. The van der Waals surface area contributed by atoms with Crippen LogP contribution in [0, 0.1) is 13.8 Å². The Kier molecular flexibility index (Phi) is 3.67. The Morgan fingerprint density at radius 3 is 2.67 bits per heavy atom. The Labute approximate surface area is 111 Å². The van der Waals surface area contributed by atoms with Crippen LogP contribution in [0.4, 0.5) is 5.69 Å². The zero-order valence-electron chi connectivity index (χ0n) is 10.2. The van der Waals surface area contributed by atoms with Crippen molar-refractivity contribution in [3.8, 4) is 5.75 Å². The molecule has 2 aromatic rings. The monoisotopic (exact) mass is 263 g/mol. The van der Waals surface area contributed by atoms with Gasteiger partial charge >= 0.3 is 0 Å². The molecule has 0 amide bonds. The van der Waals surface area contributed by atoms with E-state index in [4.69, 9.17) is 11.6 Å². The number of aryl methyl sites for hydroxylation is 2. The molecule has 4 nitrogen and oxygen atoms in total. The molecule has 0 saturated heterocycles. The first-order valence-corrected chi connectivity index (χ1v) is 5.96. The molecule has 0 radical (unpaired) electrons. The fraction of sp³-hybridized carbons (Fsp3) is 0.231. The third kappa shape index (κ3) is 2.90. The summed E-state index contributed by atoms with van der Waals surface area (Å²) >= 11 is 5.79. The Bertz CT molecular complexity index is 572. The summed E-state index contributed by atoms with van der Waals surface area (Å²) in [6.45, 7) is 4.20. The van der Waals surface area contributed by atoms with Crippen LogP contribution in [0.25, 0.3) is 0 Å². The lowest BCUT2D eigenvalue weighted by atomic mass is 10.2. The van der Waals surface area contributed by atoms with Gasteiger partial charge in [0.1, 0.15) is 16.6 Å². The van der Waals surface area contributed by atoms with E-state index in [2.05, 4.69) is 15.3 Å². The van der Waals surface area contributed by atoms with Gasteiger partial charge in [0.2, 0.25) is 0 Å². The van der Waals surface area contributed by atoms with Crippen molar-refractivity contribution in [2.24, 2.45) is 0 Å². The van der Waals surface area contributed by atoms with Crippen LogP contribution in [-0.4, -0.2) is 15.1 Å².